The van der Waals surface area contributed by atoms with Crippen LogP contribution in [0.4, 0.5) is 0 Å². The molecule has 0 spiro atoms. The van der Waals surface area contributed by atoms with Gasteiger partial charge in [0.25, 0.3) is 0 Å². The fraction of sp³-hybridized carbons (Fsp3) is 0.611. The lowest BCUT2D eigenvalue weighted by Crippen LogP contribution is -2.45. The van der Waals surface area contributed by atoms with E-state index in [1.165, 1.54) is 32.1 Å². The van der Waals surface area contributed by atoms with E-state index < -0.39 is 0 Å². The molecule has 0 saturated heterocycles. The number of ether oxygens (including phenoxy) is 2. The summed E-state index contributed by atoms with van der Waals surface area (Å²) in [5.74, 6) is 1.74. The summed E-state index contributed by atoms with van der Waals surface area (Å²) in [6.45, 7) is 1.92. The second-order valence-corrected chi connectivity index (χ2v) is 5.84. The second-order valence-electron chi connectivity index (χ2n) is 5.84. The molecular formula is C18H29N3O2. The summed E-state index contributed by atoms with van der Waals surface area (Å²) in [6.07, 6.45) is 6.48. The summed E-state index contributed by atoms with van der Waals surface area (Å²) in [6, 6.07) is 8.49. The Balaban J connectivity index is 1.63. The van der Waals surface area contributed by atoms with Gasteiger partial charge in [-0.1, -0.05) is 37.5 Å². The van der Waals surface area contributed by atoms with Crippen LogP contribution < -0.4 is 15.4 Å². The van der Waals surface area contributed by atoms with Gasteiger partial charge < -0.3 is 20.1 Å². The molecular weight excluding hydrogens is 290 g/mol. The first-order valence-corrected chi connectivity index (χ1v) is 8.50. The van der Waals surface area contributed by atoms with Crippen molar-refractivity contribution < 1.29 is 9.47 Å². The van der Waals surface area contributed by atoms with E-state index in [1.807, 2.05) is 31.3 Å². The van der Waals surface area contributed by atoms with Gasteiger partial charge in [-0.3, -0.25) is 4.99 Å². The van der Waals surface area contributed by atoms with Crippen molar-refractivity contribution in [3.8, 4) is 5.75 Å². The first-order valence-electron chi connectivity index (χ1n) is 8.50. The zero-order valence-electron chi connectivity index (χ0n) is 14.3. The van der Waals surface area contributed by atoms with Crippen LogP contribution in [-0.2, 0) is 11.3 Å². The summed E-state index contributed by atoms with van der Waals surface area (Å²) in [5.41, 5.74) is 1.07. The third-order valence-electron chi connectivity index (χ3n) is 4.16. The van der Waals surface area contributed by atoms with Crippen LogP contribution in [0.1, 0.15) is 37.7 Å². The Morgan fingerprint density at radius 2 is 2.00 bits per heavy atom. The molecule has 1 aliphatic carbocycles. The van der Waals surface area contributed by atoms with Gasteiger partial charge in [-0.25, -0.2) is 0 Å². The molecule has 0 amide bonds. The van der Waals surface area contributed by atoms with Crippen molar-refractivity contribution >= 4 is 5.96 Å². The Hall–Kier alpha value is -1.75. The molecule has 23 heavy (non-hydrogen) atoms. The molecule has 5 nitrogen and oxygen atoms in total. The van der Waals surface area contributed by atoms with Gasteiger partial charge in [0.15, 0.2) is 5.96 Å². The number of nitrogens with zero attached hydrogens (tertiary/aromatic N) is 1. The Morgan fingerprint density at radius 1 is 1.22 bits per heavy atom. The summed E-state index contributed by atoms with van der Waals surface area (Å²) in [4.78, 5) is 4.28. The van der Waals surface area contributed by atoms with Crippen LogP contribution in [-0.4, -0.2) is 39.3 Å². The average Bonchev–Trinajstić information content (AvgIpc) is 2.61. The highest BCUT2D eigenvalue weighted by Gasteiger charge is 2.14. The monoisotopic (exact) mass is 319 g/mol. The summed E-state index contributed by atoms with van der Waals surface area (Å²) in [7, 11) is 3.50. The predicted molar refractivity (Wildman–Crippen MR) is 94.0 cm³/mol. The van der Waals surface area contributed by atoms with Crippen molar-refractivity contribution in [2.24, 2.45) is 4.99 Å². The average molecular weight is 319 g/mol. The molecule has 1 aromatic carbocycles. The quantitative estimate of drug-likeness (QED) is 0.461. The minimum Gasteiger partial charge on any atom is -0.496 e. The van der Waals surface area contributed by atoms with Crippen LogP contribution in [0.3, 0.4) is 0 Å². The summed E-state index contributed by atoms with van der Waals surface area (Å²) >= 11 is 0. The fourth-order valence-electron chi connectivity index (χ4n) is 2.88. The maximum absolute atomic E-state index is 5.72. The van der Waals surface area contributed by atoms with E-state index in [9.17, 15) is 0 Å². The molecule has 2 N–H and O–H groups in total. The number of methoxy groups -OCH3 is 1. The number of benzene rings is 1. The molecule has 0 heterocycles. The van der Waals surface area contributed by atoms with Gasteiger partial charge in [-0.05, 0) is 18.9 Å². The number of guanidine groups is 1. The molecule has 1 aliphatic rings. The zero-order chi connectivity index (χ0) is 16.3. The standard InChI is InChI=1S/C18H29N3O2/c1-19-18(21-16-9-4-3-5-10-16)20-12-13-23-14-15-8-6-7-11-17(15)22-2/h6-8,11,16H,3-5,9-10,12-14H2,1-2H3,(H2,19,20,21). The van der Waals surface area contributed by atoms with Crippen molar-refractivity contribution in [2.75, 3.05) is 27.3 Å². The molecule has 2 rings (SSSR count). The lowest BCUT2D eigenvalue weighted by molar-refractivity contribution is 0.123. The number of rotatable bonds is 7. The maximum Gasteiger partial charge on any atom is 0.191 e. The summed E-state index contributed by atoms with van der Waals surface area (Å²) < 4.78 is 11.0. The highest BCUT2D eigenvalue weighted by atomic mass is 16.5. The summed E-state index contributed by atoms with van der Waals surface area (Å²) in [5, 5.41) is 6.81. The van der Waals surface area contributed by atoms with E-state index >= 15 is 0 Å². The molecule has 1 aromatic rings. The maximum atomic E-state index is 5.72. The van der Waals surface area contributed by atoms with Crippen molar-refractivity contribution in [3.05, 3.63) is 29.8 Å². The minimum absolute atomic E-state index is 0.556. The van der Waals surface area contributed by atoms with Crippen LogP contribution in [0.15, 0.2) is 29.3 Å². The van der Waals surface area contributed by atoms with Crippen LogP contribution in [0.2, 0.25) is 0 Å². The Morgan fingerprint density at radius 3 is 2.74 bits per heavy atom. The molecule has 0 aromatic heterocycles. The predicted octanol–water partition coefficient (Wildman–Crippen LogP) is 2.71. The van der Waals surface area contributed by atoms with Crippen LogP contribution in [0.5, 0.6) is 5.75 Å². The Kier molecular flexibility index (Phi) is 7.73. The number of aliphatic imine (C=N–C) groups is 1. The fourth-order valence-corrected chi connectivity index (χ4v) is 2.88. The van der Waals surface area contributed by atoms with Crippen LogP contribution in [0, 0.1) is 0 Å². The van der Waals surface area contributed by atoms with Crippen molar-refractivity contribution in [1.82, 2.24) is 10.6 Å². The molecule has 0 radical (unpaired) electrons. The van der Waals surface area contributed by atoms with Gasteiger partial charge in [0.1, 0.15) is 5.75 Å². The van der Waals surface area contributed by atoms with Gasteiger partial charge >= 0.3 is 0 Å². The van der Waals surface area contributed by atoms with Gasteiger partial charge in [-0.15, -0.1) is 0 Å². The number of hydrogen-bond acceptors (Lipinski definition) is 3. The third kappa shape index (κ3) is 6.10. The third-order valence-corrected chi connectivity index (χ3v) is 4.16. The zero-order valence-corrected chi connectivity index (χ0v) is 14.3. The van der Waals surface area contributed by atoms with Gasteiger partial charge in [0.05, 0.1) is 20.3 Å². The number of hydrogen-bond donors (Lipinski definition) is 2. The Bertz CT molecular complexity index is 485. The van der Waals surface area contributed by atoms with E-state index in [0.29, 0.717) is 19.3 Å². The molecule has 128 valence electrons. The SMILES string of the molecule is CN=C(NCCOCc1ccccc1OC)NC1CCCCC1. The van der Waals surface area contributed by atoms with Gasteiger partial charge in [-0.2, -0.15) is 0 Å². The first-order chi connectivity index (χ1) is 11.3. The normalized spacial score (nSPS) is 16.2. The molecule has 1 saturated carbocycles. The highest BCUT2D eigenvalue weighted by molar-refractivity contribution is 5.79. The molecule has 0 unspecified atom stereocenters. The number of nitrogens with one attached hydrogen (secondary N) is 2. The smallest absolute Gasteiger partial charge is 0.191 e. The van der Waals surface area contributed by atoms with E-state index in [1.54, 1.807) is 7.11 Å². The molecule has 1 fully saturated rings. The highest BCUT2D eigenvalue weighted by Crippen LogP contribution is 2.18. The first kappa shape index (κ1) is 17.6. The van der Waals surface area contributed by atoms with Gasteiger partial charge in [0, 0.05) is 25.2 Å². The van der Waals surface area contributed by atoms with E-state index in [0.717, 1.165) is 23.8 Å². The topological polar surface area (TPSA) is 54.9 Å². The van der Waals surface area contributed by atoms with Crippen LogP contribution >= 0.6 is 0 Å². The molecule has 5 heteroatoms. The second kappa shape index (κ2) is 10.1. The van der Waals surface area contributed by atoms with Gasteiger partial charge in [0.2, 0.25) is 0 Å². The van der Waals surface area contributed by atoms with E-state index in [4.69, 9.17) is 9.47 Å². The Labute approximate surface area is 139 Å². The lowest BCUT2D eigenvalue weighted by Gasteiger charge is -2.24. The lowest BCUT2D eigenvalue weighted by atomic mass is 9.96. The largest absolute Gasteiger partial charge is 0.496 e. The van der Waals surface area contributed by atoms with Crippen molar-refractivity contribution in [1.29, 1.82) is 0 Å². The van der Waals surface area contributed by atoms with E-state index in [2.05, 4.69) is 15.6 Å². The molecule has 0 atom stereocenters. The van der Waals surface area contributed by atoms with Crippen molar-refractivity contribution in [2.45, 2.75) is 44.8 Å². The van der Waals surface area contributed by atoms with Crippen LogP contribution in [0.25, 0.3) is 0 Å². The van der Waals surface area contributed by atoms with E-state index in [-0.39, 0.29) is 0 Å². The molecule has 0 aliphatic heterocycles. The van der Waals surface area contributed by atoms with Crippen molar-refractivity contribution in [3.63, 3.8) is 0 Å². The minimum atomic E-state index is 0.556. The molecule has 0 bridgehead atoms. The number of para-hydroxylation sites is 1.